The lowest BCUT2D eigenvalue weighted by Crippen LogP contribution is -2.58. The average Bonchev–Trinajstić information content (AvgIpc) is 2.70. The third-order valence-electron chi connectivity index (χ3n) is 5.30. The van der Waals surface area contributed by atoms with Gasteiger partial charge in [0.15, 0.2) is 5.78 Å². The Morgan fingerprint density at radius 1 is 1.00 bits per heavy atom. The van der Waals surface area contributed by atoms with Crippen LogP contribution in [0.4, 0.5) is 0 Å². The van der Waals surface area contributed by atoms with Crippen LogP contribution in [0.15, 0.2) is 36.4 Å². The second-order valence-electron chi connectivity index (χ2n) is 7.44. The smallest absolute Gasteiger partial charge is 0.229 e. The van der Waals surface area contributed by atoms with E-state index in [1.807, 2.05) is 0 Å². The standard InChI is InChI=1S/C21H22O9/c1-9-18(25)19(26)20(27)21(28-9)29-12-6-13(23)17-14(24)8-15(30-16(17)7-12)10-2-4-11(22)5-3-10/h2-7,9,15,18-23,25-27H,8H2,1H3/t9-,15-,18+,19+,20-,21+/m1/s1. The van der Waals surface area contributed by atoms with Crippen LogP contribution in [0.3, 0.4) is 0 Å². The minimum absolute atomic E-state index is 0.0115. The Hall–Kier alpha value is -2.85. The number of aliphatic hydroxyl groups excluding tert-OH is 3. The molecule has 9 nitrogen and oxygen atoms in total. The molecule has 160 valence electrons. The Kier molecular flexibility index (Phi) is 5.29. The van der Waals surface area contributed by atoms with Crippen molar-refractivity contribution >= 4 is 5.78 Å². The number of phenols is 2. The number of hydrogen-bond acceptors (Lipinski definition) is 9. The van der Waals surface area contributed by atoms with E-state index in [1.54, 1.807) is 12.1 Å². The van der Waals surface area contributed by atoms with Crippen molar-refractivity contribution in [3.05, 3.63) is 47.5 Å². The van der Waals surface area contributed by atoms with Crippen LogP contribution < -0.4 is 9.47 Å². The molecule has 2 aromatic rings. The first-order chi connectivity index (χ1) is 14.2. The van der Waals surface area contributed by atoms with Gasteiger partial charge in [-0.3, -0.25) is 4.79 Å². The molecule has 6 atom stereocenters. The molecule has 0 aliphatic carbocycles. The predicted octanol–water partition coefficient (Wildman–Crippen LogP) is 1.01. The van der Waals surface area contributed by atoms with Crippen molar-refractivity contribution < 1.29 is 44.5 Å². The van der Waals surface area contributed by atoms with Gasteiger partial charge in [0.05, 0.1) is 12.5 Å². The molecule has 0 saturated carbocycles. The fraction of sp³-hybridized carbons (Fsp3) is 0.381. The Morgan fingerprint density at radius 2 is 1.70 bits per heavy atom. The van der Waals surface area contributed by atoms with Gasteiger partial charge in [0.1, 0.15) is 53.0 Å². The van der Waals surface area contributed by atoms with Gasteiger partial charge in [0.25, 0.3) is 0 Å². The van der Waals surface area contributed by atoms with Crippen LogP contribution in [0.1, 0.15) is 35.4 Å². The van der Waals surface area contributed by atoms with Crippen molar-refractivity contribution in [2.24, 2.45) is 0 Å². The highest BCUT2D eigenvalue weighted by Gasteiger charge is 2.43. The van der Waals surface area contributed by atoms with Gasteiger partial charge in [-0.1, -0.05) is 12.1 Å². The lowest BCUT2D eigenvalue weighted by atomic mass is 9.95. The van der Waals surface area contributed by atoms with Crippen molar-refractivity contribution in [3.8, 4) is 23.0 Å². The zero-order valence-corrected chi connectivity index (χ0v) is 16.0. The second-order valence-corrected chi connectivity index (χ2v) is 7.44. The predicted molar refractivity (Wildman–Crippen MR) is 102 cm³/mol. The van der Waals surface area contributed by atoms with E-state index >= 15 is 0 Å². The second kappa shape index (κ2) is 7.77. The van der Waals surface area contributed by atoms with Gasteiger partial charge in [-0.15, -0.1) is 0 Å². The molecular weight excluding hydrogens is 396 g/mol. The quantitative estimate of drug-likeness (QED) is 0.493. The lowest BCUT2D eigenvalue weighted by Gasteiger charge is -2.39. The number of phenolic OH excluding ortho intramolecular Hbond substituents is 2. The van der Waals surface area contributed by atoms with Gasteiger partial charge in [-0.05, 0) is 24.6 Å². The van der Waals surface area contributed by atoms with Gasteiger partial charge in [0, 0.05) is 12.1 Å². The number of benzene rings is 2. The number of hydrogen-bond donors (Lipinski definition) is 5. The van der Waals surface area contributed by atoms with Crippen molar-refractivity contribution in [1.82, 2.24) is 0 Å². The SMILES string of the molecule is C[C@H]1O[C@@H](Oc2cc(O)c3c(c2)O[C@@H](c2ccc(O)cc2)CC3=O)[C@H](O)[C@@H](O)[C@H]1O. The highest BCUT2D eigenvalue weighted by atomic mass is 16.7. The lowest BCUT2D eigenvalue weighted by molar-refractivity contribution is -0.268. The first-order valence-corrected chi connectivity index (χ1v) is 9.46. The fourth-order valence-corrected chi connectivity index (χ4v) is 3.60. The van der Waals surface area contributed by atoms with E-state index in [-0.39, 0.29) is 40.8 Å². The van der Waals surface area contributed by atoms with Gasteiger partial charge < -0.3 is 39.7 Å². The molecule has 0 unspecified atom stereocenters. The molecule has 2 aliphatic heterocycles. The molecule has 9 heteroatoms. The fourth-order valence-electron chi connectivity index (χ4n) is 3.60. The van der Waals surface area contributed by atoms with Crippen molar-refractivity contribution in [2.45, 2.75) is 50.2 Å². The average molecular weight is 418 g/mol. The summed E-state index contributed by atoms with van der Waals surface area (Å²) in [5.74, 6) is -0.444. The number of carbonyl (C=O) groups is 1. The highest BCUT2D eigenvalue weighted by Crippen LogP contribution is 2.42. The van der Waals surface area contributed by atoms with Crippen LogP contribution in [0.25, 0.3) is 0 Å². The first-order valence-electron chi connectivity index (χ1n) is 9.46. The molecule has 5 N–H and O–H groups in total. The summed E-state index contributed by atoms with van der Waals surface area (Å²) in [6.07, 6.45) is -6.97. The molecule has 1 saturated heterocycles. The number of Topliss-reactive ketones (excluding diaryl/α,β-unsaturated/α-hetero) is 1. The van der Waals surface area contributed by atoms with Gasteiger partial charge in [0.2, 0.25) is 6.29 Å². The maximum absolute atomic E-state index is 12.6. The molecule has 2 aliphatic rings. The largest absolute Gasteiger partial charge is 0.508 e. The molecule has 2 aromatic carbocycles. The van der Waals surface area contributed by atoms with Crippen LogP contribution in [0, 0.1) is 0 Å². The normalized spacial score (nSPS) is 31.0. The summed E-state index contributed by atoms with van der Waals surface area (Å²) in [7, 11) is 0. The van der Waals surface area contributed by atoms with Gasteiger partial charge in [-0.2, -0.15) is 0 Å². The Morgan fingerprint density at radius 3 is 2.40 bits per heavy atom. The number of carbonyl (C=O) groups excluding carboxylic acids is 1. The van der Waals surface area contributed by atoms with Crippen LogP contribution in [-0.4, -0.2) is 62.0 Å². The number of aromatic hydroxyl groups is 2. The molecule has 0 aromatic heterocycles. The topological polar surface area (TPSA) is 146 Å². The minimum atomic E-state index is -1.53. The number of ether oxygens (including phenoxy) is 3. The molecule has 30 heavy (non-hydrogen) atoms. The van der Waals surface area contributed by atoms with Crippen LogP contribution >= 0.6 is 0 Å². The summed E-state index contributed by atoms with van der Waals surface area (Å²) in [6, 6.07) is 8.82. The zero-order valence-electron chi connectivity index (χ0n) is 16.0. The summed E-state index contributed by atoms with van der Waals surface area (Å²) < 4.78 is 16.9. The van der Waals surface area contributed by atoms with Crippen LogP contribution in [0.2, 0.25) is 0 Å². The van der Waals surface area contributed by atoms with Crippen molar-refractivity contribution in [1.29, 1.82) is 0 Å². The Labute approximate surface area is 171 Å². The molecule has 2 heterocycles. The maximum Gasteiger partial charge on any atom is 0.229 e. The zero-order chi connectivity index (χ0) is 21.6. The molecule has 0 radical (unpaired) electrons. The molecule has 0 spiro atoms. The summed E-state index contributed by atoms with van der Waals surface area (Å²) in [4.78, 5) is 12.6. The third-order valence-corrected chi connectivity index (χ3v) is 5.30. The summed E-state index contributed by atoms with van der Waals surface area (Å²) in [6.45, 7) is 1.52. The summed E-state index contributed by atoms with van der Waals surface area (Å²) >= 11 is 0. The maximum atomic E-state index is 12.6. The van der Waals surface area contributed by atoms with Crippen molar-refractivity contribution in [3.63, 3.8) is 0 Å². The Bertz CT molecular complexity index is 942. The van der Waals surface area contributed by atoms with E-state index in [0.717, 1.165) is 0 Å². The molecule has 4 rings (SSSR count). The van der Waals surface area contributed by atoms with E-state index in [9.17, 15) is 30.3 Å². The third kappa shape index (κ3) is 3.68. The number of rotatable bonds is 3. The first kappa shape index (κ1) is 20.4. The van der Waals surface area contributed by atoms with Crippen molar-refractivity contribution in [2.75, 3.05) is 0 Å². The number of fused-ring (bicyclic) bond motifs is 1. The van der Waals surface area contributed by atoms with Crippen LogP contribution in [0.5, 0.6) is 23.0 Å². The van der Waals surface area contributed by atoms with E-state index in [1.165, 1.54) is 31.2 Å². The molecule has 1 fully saturated rings. The summed E-state index contributed by atoms with van der Waals surface area (Å²) in [5, 5.41) is 49.6. The van der Waals surface area contributed by atoms with Gasteiger partial charge >= 0.3 is 0 Å². The van der Waals surface area contributed by atoms with E-state index < -0.39 is 36.8 Å². The van der Waals surface area contributed by atoms with E-state index in [2.05, 4.69) is 0 Å². The van der Waals surface area contributed by atoms with Crippen LogP contribution in [-0.2, 0) is 4.74 Å². The molecular formula is C21H22O9. The monoisotopic (exact) mass is 418 g/mol. The minimum Gasteiger partial charge on any atom is -0.508 e. The molecule has 0 bridgehead atoms. The van der Waals surface area contributed by atoms with E-state index in [0.29, 0.717) is 5.56 Å². The highest BCUT2D eigenvalue weighted by molar-refractivity contribution is 6.02. The van der Waals surface area contributed by atoms with Gasteiger partial charge in [-0.25, -0.2) is 0 Å². The summed E-state index contributed by atoms with van der Waals surface area (Å²) in [5.41, 5.74) is 0.695. The number of ketones is 1. The molecule has 0 amide bonds. The number of aliphatic hydroxyl groups is 3. The Balaban J connectivity index is 1.59. The van der Waals surface area contributed by atoms with E-state index in [4.69, 9.17) is 14.2 Å².